The highest BCUT2D eigenvalue weighted by Gasteiger charge is 2.14. The molecule has 0 radical (unpaired) electrons. The molecular formula is C16H12BrN5. The molecule has 3 aromatic heterocycles. The van der Waals surface area contributed by atoms with Crippen LogP contribution >= 0.6 is 15.9 Å². The van der Waals surface area contributed by atoms with Gasteiger partial charge in [0.1, 0.15) is 18.3 Å². The lowest BCUT2D eigenvalue weighted by molar-refractivity contribution is 0.668. The van der Waals surface area contributed by atoms with E-state index in [9.17, 15) is 0 Å². The van der Waals surface area contributed by atoms with E-state index in [1.807, 2.05) is 36.5 Å². The van der Waals surface area contributed by atoms with Gasteiger partial charge in [-0.25, -0.2) is 14.6 Å². The first-order valence-electron chi connectivity index (χ1n) is 6.85. The van der Waals surface area contributed by atoms with Crippen LogP contribution in [0.25, 0.3) is 16.9 Å². The number of fused-ring (bicyclic) bond motifs is 1. The molecule has 0 bridgehead atoms. The van der Waals surface area contributed by atoms with Gasteiger partial charge in [-0.05, 0) is 24.3 Å². The van der Waals surface area contributed by atoms with Crippen molar-refractivity contribution in [3.63, 3.8) is 0 Å². The van der Waals surface area contributed by atoms with Gasteiger partial charge in [-0.3, -0.25) is 0 Å². The topological polar surface area (TPSA) is 48.0 Å². The van der Waals surface area contributed by atoms with E-state index in [0.29, 0.717) is 6.54 Å². The van der Waals surface area contributed by atoms with Crippen molar-refractivity contribution in [3.8, 4) is 11.3 Å². The van der Waals surface area contributed by atoms with Crippen molar-refractivity contribution < 1.29 is 0 Å². The van der Waals surface area contributed by atoms with Crippen molar-refractivity contribution in [2.45, 2.75) is 6.54 Å². The van der Waals surface area contributed by atoms with Crippen LogP contribution in [-0.2, 0) is 6.54 Å². The van der Waals surface area contributed by atoms with Crippen molar-refractivity contribution in [2.24, 2.45) is 0 Å². The maximum Gasteiger partial charge on any atom is 0.137 e. The van der Waals surface area contributed by atoms with E-state index < -0.39 is 0 Å². The van der Waals surface area contributed by atoms with Gasteiger partial charge in [0, 0.05) is 16.2 Å². The minimum atomic E-state index is 0.622. The van der Waals surface area contributed by atoms with Crippen molar-refractivity contribution in [3.05, 3.63) is 71.5 Å². The molecule has 22 heavy (non-hydrogen) atoms. The molecule has 0 aliphatic rings. The van der Waals surface area contributed by atoms with E-state index in [1.165, 1.54) is 0 Å². The van der Waals surface area contributed by atoms with Gasteiger partial charge in [-0.2, -0.15) is 5.10 Å². The zero-order valence-electron chi connectivity index (χ0n) is 11.6. The Kier molecular flexibility index (Phi) is 3.23. The second-order valence-corrected chi connectivity index (χ2v) is 5.85. The van der Waals surface area contributed by atoms with Crippen LogP contribution in [0.1, 0.15) is 5.69 Å². The molecule has 0 unspecified atom stereocenters. The Morgan fingerprint density at radius 2 is 1.91 bits per heavy atom. The molecule has 0 saturated carbocycles. The Balaban J connectivity index is 1.91. The van der Waals surface area contributed by atoms with Gasteiger partial charge in [-0.15, -0.1) is 0 Å². The first-order valence-corrected chi connectivity index (χ1v) is 7.65. The monoisotopic (exact) mass is 353 g/mol. The first-order chi connectivity index (χ1) is 10.8. The summed E-state index contributed by atoms with van der Waals surface area (Å²) >= 11 is 3.47. The second kappa shape index (κ2) is 5.38. The lowest BCUT2D eigenvalue weighted by Crippen LogP contribution is -2.04. The summed E-state index contributed by atoms with van der Waals surface area (Å²) in [4.78, 5) is 8.79. The zero-order valence-corrected chi connectivity index (χ0v) is 13.2. The zero-order chi connectivity index (χ0) is 14.9. The van der Waals surface area contributed by atoms with Gasteiger partial charge in [0.05, 0.1) is 17.9 Å². The largest absolute Gasteiger partial charge is 0.302 e. The Labute approximate surface area is 135 Å². The molecule has 4 rings (SSSR count). The maximum atomic E-state index is 4.78. The quantitative estimate of drug-likeness (QED) is 0.567. The predicted octanol–water partition coefficient (Wildman–Crippen LogP) is 3.40. The molecule has 0 aliphatic carbocycles. The van der Waals surface area contributed by atoms with E-state index in [-0.39, 0.29) is 0 Å². The van der Waals surface area contributed by atoms with Gasteiger partial charge in [-0.1, -0.05) is 34.1 Å². The van der Waals surface area contributed by atoms with Crippen molar-refractivity contribution in [1.82, 2.24) is 24.1 Å². The van der Waals surface area contributed by atoms with Crippen molar-refractivity contribution in [2.75, 3.05) is 0 Å². The molecule has 0 fully saturated rings. The lowest BCUT2D eigenvalue weighted by Gasteiger charge is -2.05. The average molecular weight is 354 g/mol. The van der Waals surface area contributed by atoms with Crippen LogP contribution in [0.15, 0.2) is 65.8 Å². The highest BCUT2D eigenvalue weighted by molar-refractivity contribution is 9.10. The van der Waals surface area contributed by atoms with Crippen LogP contribution < -0.4 is 0 Å². The van der Waals surface area contributed by atoms with E-state index in [4.69, 9.17) is 4.98 Å². The van der Waals surface area contributed by atoms with Crippen LogP contribution in [0.4, 0.5) is 0 Å². The Morgan fingerprint density at radius 3 is 2.68 bits per heavy atom. The molecule has 108 valence electrons. The minimum Gasteiger partial charge on any atom is -0.302 e. The summed E-state index contributed by atoms with van der Waals surface area (Å²) in [5.41, 5.74) is 4.06. The van der Waals surface area contributed by atoms with Gasteiger partial charge in [0.2, 0.25) is 0 Å². The number of hydrogen-bond donors (Lipinski definition) is 0. The molecule has 0 amide bonds. The second-order valence-electron chi connectivity index (χ2n) is 4.94. The van der Waals surface area contributed by atoms with E-state index in [2.05, 4.69) is 42.5 Å². The molecule has 0 atom stereocenters. The highest BCUT2D eigenvalue weighted by atomic mass is 79.9. The summed E-state index contributed by atoms with van der Waals surface area (Å²) < 4.78 is 4.95. The van der Waals surface area contributed by atoms with Gasteiger partial charge < -0.3 is 4.40 Å². The normalized spacial score (nSPS) is 11.1. The number of hydrogen-bond acceptors (Lipinski definition) is 3. The maximum absolute atomic E-state index is 4.78. The number of halogens is 1. The fraction of sp³-hybridized carbons (Fsp3) is 0.0625. The molecule has 0 spiro atoms. The standard InChI is InChI=1S/C16H12BrN5/c17-13-6-4-12(5-7-13)16-14(9-21-11-18-10-19-21)22-8-2-1-3-15(22)20-16/h1-8,10-11H,9H2. The lowest BCUT2D eigenvalue weighted by atomic mass is 10.1. The molecular weight excluding hydrogens is 342 g/mol. The van der Waals surface area contributed by atoms with Gasteiger partial charge in [0.15, 0.2) is 0 Å². The Hall–Kier alpha value is -2.47. The van der Waals surface area contributed by atoms with Crippen LogP contribution in [-0.4, -0.2) is 24.1 Å². The molecule has 0 N–H and O–H groups in total. The molecule has 4 aromatic rings. The van der Waals surface area contributed by atoms with E-state index in [1.54, 1.807) is 17.3 Å². The number of pyridine rings is 1. The molecule has 1 aromatic carbocycles. The minimum absolute atomic E-state index is 0.622. The number of nitrogens with zero attached hydrogens (tertiary/aromatic N) is 5. The summed E-state index contributed by atoms with van der Waals surface area (Å²) in [5, 5.41) is 4.20. The summed E-state index contributed by atoms with van der Waals surface area (Å²) in [7, 11) is 0. The fourth-order valence-electron chi connectivity index (χ4n) is 2.50. The van der Waals surface area contributed by atoms with Crippen LogP contribution in [0.5, 0.6) is 0 Å². The van der Waals surface area contributed by atoms with Crippen molar-refractivity contribution >= 4 is 21.6 Å². The number of benzene rings is 1. The Morgan fingerprint density at radius 1 is 1.05 bits per heavy atom. The third kappa shape index (κ3) is 2.31. The molecule has 0 saturated heterocycles. The highest BCUT2D eigenvalue weighted by Crippen LogP contribution is 2.26. The van der Waals surface area contributed by atoms with Crippen LogP contribution in [0.3, 0.4) is 0 Å². The van der Waals surface area contributed by atoms with Gasteiger partial charge in [0.25, 0.3) is 0 Å². The molecule has 6 heteroatoms. The predicted molar refractivity (Wildman–Crippen MR) is 87.5 cm³/mol. The molecule has 0 aliphatic heterocycles. The summed E-state index contributed by atoms with van der Waals surface area (Å²) in [5.74, 6) is 0. The smallest absolute Gasteiger partial charge is 0.137 e. The third-order valence-corrected chi connectivity index (χ3v) is 4.05. The van der Waals surface area contributed by atoms with Crippen molar-refractivity contribution in [1.29, 1.82) is 0 Å². The third-order valence-electron chi connectivity index (χ3n) is 3.52. The van der Waals surface area contributed by atoms with Crippen LogP contribution in [0, 0.1) is 0 Å². The molecule has 3 heterocycles. The van der Waals surface area contributed by atoms with Crippen LogP contribution in [0.2, 0.25) is 0 Å². The summed E-state index contributed by atoms with van der Waals surface area (Å²) in [6, 6.07) is 14.2. The van der Waals surface area contributed by atoms with Gasteiger partial charge >= 0.3 is 0 Å². The Bertz CT molecular complexity index is 910. The van der Waals surface area contributed by atoms with E-state index >= 15 is 0 Å². The number of aromatic nitrogens is 5. The van der Waals surface area contributed by atoms with E-state index in [0.717, 1.165) is 27.1 Å². The fourth-order valence-corrected chi connectivity index (χ4v) is 2.77. The first kappa shape index (κ1) is 13.2. The molecule has 5 nitrogen and oxygen atoms in total. The summed E-state index contributed by atoms with van der Waals surface area (Å²) in [6.45, 7) is 0.622. The SMILES string of the molecule is Brc1ccc(-c2nc3ccccn3c2Cn2cncn2)cc1. The summed E-state index contributed by atoms with van der Waals surface area (Å²) in [6.07, 6.45) is 5.28. The number of imidazole rings is 1. The average Bonchev–Trinajstić information content (AvgIpc) is 3.17. The number of rotatable bonds is 3.